The van der Waals surface area contributed by atoms with E-state index < -0.39 is 0 Å². The van der Waals surface area contributed by atoms with Crippen LogP contribution >= 0.6 is 0 Å². The summed E-state index contributed by atoms with van der Waals surface area (Å²) in [6.45, 7) is 13.6. The van der Waals surface area contributed by atoms with Gasteiger partial charge < -0.3 is 5.11 Å². The number of hydrogen-bond acceptors (Lipinski definition) is 3. The van der Waals surface area contributed by atoms with Crippen LogP contribution in [0.3, 0.4) is 0 Å². The van der Waals surface area contributed by atoms with E-state index in [2.05, 4.69) is 44.5 Å². The minimum Gasteiger partial charge on any atom is -0.396 e. The van der Waals surface area contributed by atoms with E-state index in [1.807, 2.05) is 0 Å². The van der Waals surface area contributed by atoms with E-state index in [9.17, 15) is 5.11 Å². The van der Waals surface area contributed by atoms with Crippen molar-refractivity contribution >= 4 is 0 Å². The maximum atomic E-state index is 9.46. The molecule has 0 bridgehead atoms. The minimum atomic E-state index is 0.0615. The highest BCUT2D eigenvalue weighted by molar-refractivity contribution is 4.90. The molecule has 1 aliphatic rings. The molecule has 0 spiro atoms. The lowest BCUT2D eigenvalue weighted by molar-refractivity contribution is 0.00457. The Morgan fingerprint density at radius 3 is 2.38 bits per heavy atom. The van der Waals surface area contributed by atoms with E-state index in [0.717, 1.165) is 32.6 Å². The molecule has 0 radical (unpaired) electrons. The fourth-order valence-corrected chi connectivity index (χ4v) is 2.29. The summed E-state index contributed by atoms with van der Waals surface area (Å²) in [5.74, 6) is 0. The van der Waals surface area contributed by atoms with Gasteiger partial charge in [-0.15, -0.1) is 0 Å². The molecule has 1 heterocycles. The first-order chi connectivity index (χ1) is 7.33. The number of nitrogens with zero attached hydrogens (tertiary/aromatic N) is 2. The quantitative estimate of drug-likeness (QED) is 0.788. The Hall–Kier alpha value is -0.120. The summed E-state index contributed by atoms with van der Waals surface area (Å²) in [7, 11) is 2.20. The third-order valence-corrected chi connectivity index (χ3v) is 4.24. The molecule has 1 rings (SSSR count). The first-order valence-corrected chi connectivity index (χ1v) is 6.37. The van der Waals surface area contributed by atoms with E-state index in [4.69, 9.17) is 0 Å². The molecule has 3 heteroatoms. The van der Waals surface area contributed by atoms with Crippen molar-refractivity contribution < 1.29 is 5.11 Å². The van der Waals surface area contributed by atoms with Crippen LogP contribution in [0.4, 0.5) is 0 Å². The van der Waals surface area contributed by atoms with Gasteiger partial charge in [-0.1, -0.05) is 13.8 Å². The SMILES string of the molecule is CCC(C)(CO)CN1CCN(C)C(C)(C)C1. The van der Waals surface area contributed by atoms with E-state index in [1.165, 1.54) is 0 Å². The van der Waals surface area contributed by atoms with Gasteiger partial charge >= 0.3 is 0 Å². The van der Waals surface area contributed by atoms with Crippen LogP contribution in [0.15, 0.2) is 0 Å². The second kappa shape index (κ2) is 5.03. The third-order valence-electron chi connectivity index (χ3n) is 4.24. The predicted octanol–water partition coefficient (Wildman–Crippen LogP) is 1.42. The summed E-state index contributed by atoms with van der Waals surface area (Å²) >= 11 is 0. The molecule has 0 aromatic rings. The molecule has 0 aromatic carbocycles. The summed E-state index contributed by atoms with van der Waals surface area (Å²) in [5, 5.41) is 9.46. The Labute approximate surface area is 100 Å². The van der Waals surface area contributed by atoms with Gasteiger partial charge in [-0.05, 0) is 27.3 Å². The molecule has 1 unspecified atom stereocenters. The van der Waals surface area contributed by atoms with Gasteiger partial charge in [0.25, 0.3) is 0 Å². The summed E-state index contributed by atoms with van der Waals surface area (Å²) < 4.78 is 0. The Morgan fingerprint density at radius 1 is 1.31 bits per heavy atom. The maximum absolute atomic E-state index is 9.46. The van der Waals surface area contributed by atoms with Crippen molar-refractivity contribution in [2.45, 2.75) is 39.7 Å². The second-order valence-corrected chi connectivity index (χ2v) is 6.27. The van der Waals surface area contributed by atoms with Gasteiger partial charge in [0, 0.05) is 43.7 Å². The number of aliphatic hydroxyl groups is 1. The molecule has 1 fully saturated rings. The van der Waals surface area contributed by atoms with Crippen LogP contribution in [0.25, 0.3) is 0 Å². The molecule has 3 nitrogen and oxygen atoms in total. The van der Waals surface area contributed by atoms with Crippen molar-refractivity contribution in [1.82, 2.24) is 9.80 Å². The largest absolute Gasteiger partial charge is 0.396 e. The van der Waals surface area contributed by atoms with E-state index in [1.54, 1.807) is 0 Å². The molecular formula is C13H28N2O. The number of rotatable bonds is 4. The van der Waals surface area contributed by atoms with E-state index in [-0.39, 0.29) is 17.6 Å². The highest BCUT2D eigenvalue weighted by atomic mass is 16.3. The molecule has 1 N–H and O–H groups in total. The highest BCUT2D eigenvalue weighted by Crippen LogP contribution is 2.25. The normalized spacial score (nSPS) is 26.6. The van der Waals surface area contributed by atoms with Crippen LogP contribution in [0.2, 0.25) is 0 Å². The molecule has 0 aliphatic carbocycles. The first kappa shape index (κ1) is 13.9. The number of hydrogen-bond donors (Lipinski definition) is 1. The zero-order chi connectivity index (χ0) is 12.4. The lowest BCUT2D eigenvalue weighted by atomic mass is 9.87. The number of likely N-dealkylation sites (N-methyl/N-ethyl adjacent to an activating group) is 1. The predicted molar refractivity (Wildman–Crippen MR) is 68.6 cm³/mol. The topological polar surface area (TPSA) is 26.7 Å². The van der Waals surface area contributed by atoms with Crippen LogP contribution in [0.1, 0.15) is 34.1 Å². The zero-order valence-corrected chi connectivity index (χ0v) is 11.6. The van der Waals surface area contributed by atoms with Crippen molar-refractivity contribution in [3.8, 4) is 0 Å². The molecule has 0 saturated carbocycles. The second-order valence-electron chi connectivity index (χ2n) is 6.27. The van der Waals surface area contributed by atoms with Gasteiger partial charge in [0.15, 0.2) is 0 Å². The van der Waals surface area contributed by atoms with Crippen LogP contribution in [0.5, 0.6) is 0 Å². The van der Waals surface area contributed by atoms with Gasteiger partial charge in [-0.2, -0.15) is 0 Å². The van der Waals surface area contributed by atoms with Crippen molar-refractivity contribution in [2.75, 3.05) is 39.8 Å². The Balaban J connectivity index is 2.57. The fourth-order valence-electron chi connectivity index (χ4n) is 2.29. The standard InChI is InChI=1S/C13H28N2O/c1-6-13(4,11-16)10-15-8-7-14(5)12(2,3)9-15/h16H,6-11H2,1-5H3. The van der Waals surface area contributed by atoms with Crippen LogP contribution in [0, 0.1) is 5.41 Å². The minimum absolute atomic E-state index is 0.0615. The van der Waals surface area contributed by atoms with Crippen LogP contribution in [-0.4, -0.2) is 60.3 Å². The van der Waals surface area contributed by atoms with E-state index >= 15 is 0 Å². The molecule has 16 heavy (non-hydrogen) atoms. The van der Waals surface area contributed by atoms with Crippen molar-refractivity contribution in [2.24, 2.45) is 5.41 Å². The first-order valence-electron chi connectivity index (χ1n) is 6.37. The Morgan fingerprint density at radius 2 is 1.94 bits per heavy atom. The zero-order valence-electron chi connectivity index (χ0n) is 11.6. The molecule has 1 aliphatic heterocycles. The lowest BCUT2D eigenvalue weighted by Gasteiger charge is -2.47. The van der Waals surface area contributed by atoms with Gasteiger partial charge in [0.1, 0.15) is 0 Å². The molecule has 0 amide bonds. The van der Waals surface area contributed by atoms with Gasteiger partial charge in [-0.25, -0.2) is 0 Å². The van der Waals surface area contributed by atoms with Crippen molar-refractivity contribution in [1.29, 1.82) is 0 Å². The highest BCUT2D eigenvalue weighted by Gasteiger charge is 2.34. The fraction of sp³-hybridized carbons (Fsp3) is 1.00. The Kier molecular flexibility index (Phi) is 4.38. The van der Waals surface area contributed by atoms with Gasteiger partial charge in [-0.3, -0.25) is 9.80 Å². The van der Waals surface area contributed by atoms with Gasteiger partial charge in [0.05, 0.1) is 0 Å². The smallest absolute Gasteiger partial charge is 0.0496 e. The number of piperazine rings is 1. The molecule has 1 atom stereocenters. The average Bonchev–Trinajstić information content (AvgIpc) is 2.23. The maximum Gasteiger partial charge on any atom is 0.0496 e. The monoisotopic (exact) mass is 228 g/mol. The molecule has 1 saturated heterocycles. The molecule has 96 valence electrons. The number of aliphatic hydroxyl groups excluding tert-OH is 1. The third kappa shape index (κ3) is 3.19. The molecule has 0 aromatic heterocycles. The average molecular weight is 228 g/mol. The summed E-state index contributed by atoms with van der Waals surface area (Å²) in [4.78, 5) is 4.92. The summed E-state index contributed by atoms with van der Waals surface area (Å²) in [5.41, 5.74) is 0.314. The van der Waals surface area contributed by atoms with Gasteiger partial charge in [0.2, 0.25) is 0 Å². The van der Waals surface area contributed by atoms with Crippen molar-refractivity contribution in [3.63, 3.8) is 0 Å². The Bertz CT molecular complexity index is 224. The molecular weight excluding hydrogens is 200 g/mol. The lowest BCUT2D eigenvalue weighted by Crippen LogP contribution is -2.59. The van der Waals surface area contributed by atoms with E-state index in [0.29, 0.717) is 0 Å². The van der Waals surface area contributed by atoms with Crippen molar-refractivity contribution in [3.05, 3.63) is 0 Å². The van der Waals surface area contributed by atoms with Crippen LogP contribution in [-0.2, 0) is 0 Å². The summed E-state index contributed by atoms with van der Waals surface area (Å²) in [6, 6.07) is 0. The van der Waals surface area contributed by atoms with Crippen LogP contribution < -0.4 is 0 Å². The summed E-state index contributed by atoms with van der Waals surface area (Å²) in [6.07, 6.45) is 1.04.